The van der Waals surface area contributed by atoms with Crippen molar-refractivity contribution in [1.82, 2.24) is 0 Å². The van der Waals surface area contributed by atoms with Crippen LogP contribution in [-0.2, 0) is 11.2 Å². The van der Waals surface area contributed by atoms with Crippen LogP contribution in [0, 0.1) is 10.1 Å². The summed E-state index contributed by atoms with van der Waals surface area (Å²) in [6.07, 6.45) is -0.534. The lowest BCUT2D eigenvalue weighted by Gasteiger charge is -2.06. The number of hydrogen-bond donors (Lipinski definition) is 2. The number of rotatable bonds is 4. The summed E-state index contributed by atoms with van der Waals surface area (Å²) in [6.45, 7) is 0. The Bertz CT molecular complexity index is 442. The first-order chi connectivity index (χ1) is 7.45. The molecule has 1 aromatic carbocycles. The van der Waals surface area contributed by atoms with Crippen molar-refractivity contribution in [3.63, 3.8) is 0 Å². The van der Waals surface area contributed by atoms with Crippen LogP contribution in [0.25, 0.3) is 0 Å². The lowest BCUT2D eigenvalue weighted by atomic mass is 10.1. The zero-order valence-electron chi connectivity index (χ0n) is 8.34. The number of methoxy groups -OCH3 is 1. The molecule has 16 heavy (non-hydrogen) atoms. The average molecular weight is 227 g/mol. The summed E-state index contributed by atoms with van der Waals surface area (Å²) < 4.78 is 4.69. The highest BCUT2D eigenvalue weighted by Gasteiger charge is 2.20. The fourth-order valence-electron chi connectivity index (χ4n) is 1.24. The van der Waals surface area contributed by atoms with Crippen molar-refractivity contribution >= 4 is 11.7 Å². The Kier molecular flexibility index (Phi) is 3.29. The van der Waals surface area contributed by atoms with Crippen LogP contribution in [0.5, 0.6) is 11.5 Å². The third-order valence-corrected chi connectivity index (χ3v) is 1.92. The van der Waals surface area contributed by atoms with Gasteiger partial charge in [0.2, 0.25) is 0 Å². The molecule has 0 aliphatic carbocycles. The molecule has 0 aromatic heterocycles. The third kappa shape index (κ3) is 2.38. The van der Waals surface area contributed by atoms with E-state index in [-0.39, 0.29) is 17.1 Å². The number of benzene rings is 1. The fraction of sp³-hybridized carbons (Fsp3) is 0.222. The maximum Gasteiger partial charge on any atom is 0.308 e. The van der Waals surface area contributed by atoms with Crippen molar-refractivity contribution in [3.05, 3.63) is 27.8 Å². The number of phenols is 1. The van der Waals surface area contributed by atoms with Crippen LogP contribution in [0.3, 0.4) is 0 Å². The molecule has 0 fully saturated rings. The number of carbonyl (C=O) groups is 1. The van der Waals surface area contributed by atoms with Crippen LogP contribution in [0.1, 0.15) is 5.56 Å². The summed E-state index contributed by atoms with van der Waals surface area (Å²) in [5, 5.41) is 28.6. The van der Waals surface area contributed by atoms with Crippen LogP contribution in [0.4, 0.5) is 5.69 Å². The second-order valence-corrected chi connectivity index (χ2v) is 2.98. The Morgan fingerprint density at radius 1 is 1.56 bits per heavy atom. The molecule has 1 rings (SSSR count). The van der Waals surface area contributed by atoms with Gasteiger partial charge in [-0.3, -0.25) is 14.9 Å². The van der Waals surface area contributed by atoms with Crippen molar-refractivity contribution in [2.75, 3.05) is 7.11 Å². The van der Waals surface area contributed by atoms with E-state index in [1.54, 1.807) is 0 Å². The number of ether oxygens (including phenoxy) is 1. The van der Waals surface area contributed by atoms with Gasteiger partial charge in [0, 0.05) is 5.56 Å². The van der Waals surface area contributed by atoms with Crippen LogP contribution in [0.15, 0.2) is 12.1 Å². The third-order valence-electron chi connectivity index (χ3n) is 1.92. The summed E-state index contributed by atoms with van der Waals surface area (Å²) in [5.41, 5.74) is -0.465. The average Bonchev–Trinajstić information content (AvgIpc) is 2.16. The van der Waals surface area contributed by atoms with Gasteiger partial charge in [0.25, 0.3) is 5.69 Å². The highest BCUT2D eigenvalue weighted by molar-refractivity contribution is 5.73. The van der Waals surface area contributed by atoms with Gasteiger partial charge >= 0.3 is 5.97 Å². The molecule has 7 heteroatoms. The summed E-state index contributed by atoms with van der Waals surface area (Å²) in [5.74, 6) is -1.61. The molecule has 0 unspecified atom stereocenters. The van der Waals surface area contributed by atoms with Gasteiger partial charge in [-0.25, -0.2) is 0 Å². The number of hydrogen-bond acceptors (Lipinski definition) is 5. The number of phenolic OH excluding ortho intramolecular Hbond substituents is 1. The lowest BCUT2D eigenvalue weighted by molar-refractivity contribution is -0.385. The van der Waals surface area contributed by atoms with Crippen molar-refractivity contribution in [2.45, 2.75) is 6.42 Å². The van der Waals surface area contributed by atoms with E-state index < -0.39 is 23.0 Å². The quantitative estimate of drug-likeness (QED) is 0.585. The van der Waals surface area contributed by atoms with Gasteiger partial charge in [-0.2, -0.15) is 0 Å². The molecule has 0 saturated heterocycles. The van der Waals surface area contributed by atoms with Gasteiger partial charge in [0.15, 0.2) is 11.5 Å². The van der Waals surface area contributed by atoms with Crippen LogP contribution >= 0.6 is 0 Å². The number of nitrogens with zero attached hydrogens (tertiary/aromatic N) is 1. The normalized spacial score (nSPS) is 9.81. The first kappa shape index (κ1) is 11.8. The highest BCUT2D eigenvalue weighted by Crippen LogP contribution is 2.33. The van der Waals surface area contributed by atoms with Gasteiger partial charge in [-0.05, 0) is 6.07 Å². The molecular weight excluding hydrogens is 218 g/mol. The van der Waals surface area contributed by atoms with E-state index in [2.05, 4.69) is 0 Å². The minimum absolute atomic E-state index is 0.0687. The predicted octanol–water partition coefficient (Wildman–Crippen LogP) is 0.936. The number of nitro benzene ring substituents is 1. The monoisotopic (exact) mass is 227 g/mol. The second kappa shape index (κ2) is 4.47. The molecule has 0 radical (unpaired) electrons. The molecule has 0 amide bonds. The summed E-state index contributed by atoms with van der Waals surface area (Å²) in [7, 11) is 1.25. The van der Waals surface area contributed by atoms with Gasteiger partial charge in [0.05, 0.1) is 24.5 Å². The number of aromatic hydroxyl groups is 1. The van der Waals surface area contributed by atoms with Crippen molar-refractivity contribution < 1.29 is 24.7 Å². The molecule has 0 heterocycles. The van der Waals surface area contributed by atoms with E-state index in [1.807, 2.05) is 0 Å². The molecular formula is C9H9NO6. The number of carboxylic acids is 1. The molecule has 0 atom stereocenters. The van der Waals surface area contributed by atoms with Gasteiger partial charge < -0.3 is 14.9 Å². The molecule has 1 aromatic rings. The second-order valence-electron chi connectivity index (χ2n) is 2.98. The van der Waals surface area contributed by atoms with Crippen molar-refractivity contribution in [2.24, 2.45) is 0 Å². The molecule has 0 spiro atoms. The van der Waals surface area contributed by atoms with E-state index in [4.69, 9.17) is 9.84 Å². The summed E-state index contributed by atoms with van der Waals surface area (Å²) in [4.78, 5) is 20.4. The Balaban J connectivity index is 3.30. The molecule has 86 valence electrons. The summed E-state index contributed by atoms with van der Waals surface area (Å²) >= 11 is 0. The Morgan fingerprint density at radius 2 is 2.19 bits per heavy atom. The topological polar surface area (TPSA) is 110 Å². The molecule has 7 nitrogen and oxygen atoms in total. The van der Waals surface area contributed by atoms with Crippen LogP contribution in [-0.4, -0.2) is 28.2 Å². The fourth-order valence-corrected chi connectivity index (χ4v) is 1.24. The first-order valence-electron chi connectivity index (χ1n) is 4.21. The van der Waals surface area contributed by atoms with Gasteiger partial charge in [-0.15, -0.1) is 0 Å². The zero-order chi connectivity index (χ0) is 12.3. The first-order valence-corrected chi connectivity index (χ1v) is 4.21. The van der Waals surface area contributed by atoms with Crippen LogP contribution in [0.2, 0.25) is 0 Å². The van der Waals surface area contributed by atoms with E-state index in [9.17, 15) is 20.0 Å². The van der Waals surface area contributed by atoms with E-state index in [0.29, 0.717) is 0 Å². The summed E-state index contributed by atoms with van der Waals surface area (Å²) in [6, 6.07) is 2.01. The van der Waals surface area contributed by atoms with Crippen LogP contribution < -0.4 is 4.74 Å². The highest BCUT2D eigenvalue weighted by atomic mass is 16.6. The Labute approximate surface area is 90.0 Å². The molecule has 0 aliphatic rings. The van der Waals surface area contributed by atoms with E-state index in [0.717, 1.165) is 12.1 Å². The molecule has 2 N–H and O–H groups in total. The number of aliphatic carboxylic acids is 1. The van der Waals surface area contributed by atoms with E-state index in [1.165, 1.54) is 7.11 Å². The number of carboxylic acid groups (broad SMARTS) is 1. The zero-order valence-corrected chi connectivity index (χ0v) is 8.34. The van der Waals surface area contributed by atoms with E-state index >= 15 is 0 Å². The van der Waals surface area contributed by atoms with Crippen molar-refractivity contribution in [3.8, 4) is 11.5 Å². The predicted molar refractivity (Wildman–Crippen MR) is 52.7 cm³/mol. The Hall–Kier alpha value is -2.31. The molecule has 0 saturated carbocycles. The minimum Gasteiger partial charge on any atom is -0.504 e. The SMILES string of the molecule is COc1cc([N+](=O)[O-])c(CC(=O)O)cc1O. The maximum absolute atomic E-state index is 10.7. The largest absolute Gasteiger partial charge is 0.504 e. The maximum atomic E-state index is 10.7. The minimum atomic E-state index is -1.22. The van der Waals surface area contributed by atoms with Gasteiger partial charge in [0.1, 0.15) is 0 Å². The Morgan fingerprint density at radius 3 is 2.62 bits per heavy atom. The molecule has 0 bridgehead atoms. The standard InChI is InChI=1S/C9H9NO6/c1-16-8-4-6(10(14)15)5(2-7(8)11)3-9(12)13/h2,4,11H,3H2,1H3,(H,12,13). The van der Waals surface area contributed by atoms with Gasteiger partial charge in [-0.1, -0.05) is 0 Å². The number of nitro groups is 1. The van der Waals surface area contributed by atoms with Crippen molar-refractivity contribution in [1.29, 1.82) is 0 Å². The smallest absolute Gasteiger partial charge is 0.308 e. The lowest BCUT2D eigenvalue weighted by Crippen LogP contribution is -2.04. The molecule has 0 aliphatic heterocycles.